The van der Waals surface area contributed by atoms with Crippen molar-refractivity contribution < 1.29 is 4.79 Å². The average molecular weight is 290 g/mol. The van der Waals surface area contributed by atoms with E-state index in [1.807, 2.05) is 19.1 Å². The van der Waals surface area contributed by atoms with Gasteiger partial charge in [0.05, 0.1) is 4.88 Å². The van der Waals surface area contributed by atoms with Crippen molar-refractivity contribution in [3.8, 4) is 0 Å². The fraction of sp³-hybridized carbons (Fsp3) is 0.583. The quantitative estimate of drug-likeness (QED) is 0.873. The molecule has 0 saturated carbocycles. The Bertz CT molecular complexity index is 377. The molecule has 0 atom stereocenters. The molecule has 0 radical (unpaired) electrons. The molecule has 6 heteroatoms. The Balaban J connectivity index is 0.00000162. The van der Waals surface area contributed by atoms with Gasteiger partial charge in [-0.25, -0.2) is 0 Å². The van der Waals surface area contributed by atoms with Crippen LogP contribution < -0.4 is 10.6 Å². The van der Waals surface area contributed by atoms with Crippen molar-refractivity contribution in [1.29, 1.82) is 0 Å². The zero-order chi connectivity index (χ0) is 12.1. The first-order chi connectivity index (χ1) is 8.25. The third kappa shape index (κ3) is 4.57. The second-order valence-electron chi connectivity index (χ2n) is 4.26. The number of hydrogen-bond acceptors (Lipinski definition) is 4. The zero-order valence-corrected chi connectivity index (χ0v) is 12.2. The number of nitrogens with zero attached hydrogens (tertiary/aromatic N) is 1. The van der Waals surface area contributed by atoms with Crippen LogP contribution in [0.2, 0.25) is 0 Å². The number of rotatable bonds is 4. The van der Waals surface area contributed by atoms with E-state index in [9.17, 15) is 4.79 Å². The molecule has 1 fully saturated rings. The van der Waals surface area contributed by atoms with Gasteiger partial charge >= 0.3 is 0 Å². The second-order valence-corrected chi connectivity index (χ2v) is 5.55. The second kappa shape index (κ2) is 7.74. The Morgan fingerprint density at radius 2 is 2.17 bits per heavy atom. The number of amides is 1. The summed E-state index contributed by atoms with van der Waals surface area (Å²) in [5.41, 5.74) is 0. The van der Waals surface area contributed by atoms with E-state index in [4.69, 9.17) is 0 Å². The van der Waals surface area contributed by atoms with E-state index >= 15 is 0 Å². The number of nitrogens with one attached hydrogen (secondary N) is 2. The first-order valence-electron chi connectivity index (χ1n) is 6.03. The van der Waals surface area contributed by atoms with Crippen molar-refractivity contribution in [2.24, 2.45) is 0 Å². The number of carbonyl (C=O) groups excluding carboxylic acids is 1. The number of halogens is 1. The van der Waals surface area contributed by atoms with Crippen molar-refractivity contribution in [3.05, 3.63) is 21.9 Å². The molecule has 2 N–H and O–H groups in total. The smallest absolute Gasteiger partial charge is 0.261 e. The fourth-order valence-corrected chi connectivity index (χ4v) is 2.69. The summed E-state index contributed by atoms with van der Waals surface area (Å²) in [5.74, 6) is 0.0539. The van der Waals surface area contributed by atoms with Gasteiger partial charge < -0.3 is 10.6 Å². The highest BCUT2D eigenvalue weighted by Crippen LogP contribution is 2.14. The maximum atomic E-state index is 11.8. The Kier molecular flexibility index (Phi) is 6.63. The minimum Gasteiger partial charge on any atom is -0.350 e. The molecule has 4 nitrogen and oxygen atoms in total. The van der Waals surface area contributed by atoms with Gasteiger partial charge in [-0.05, 0) is 19.1 Å². The van der Waals surface area contributed by atoms with E-state index in [0.717, 1.165) is 44.1 Å². The lowest BCUT2D eigenvalue weighted by molar-refractivity contribution is 0.0951. The van der Waals surface area contributed by atoms with Gasteiger partial charge in [0.25, 0.3) is 5.91 Å². The van der Waals surface area contributed by atoms with Crippen molar-refractivity contribution in [2.45, 2.75) is 6.92 Å². The van der Waals surface area contributed by atoms with E-state index in [0.29, 0.717) is 0 Å². The van der Waals surface area contributed by atoms with Gasteiger partial charge in [0.1, 0.15) is 0 Å². The topological polar surface area (TPSA) is 44.4 Å². The summed E-state index contributed by atoms with van der Waals surface area (Å²) in [6, 6.07) is 3.87. The number of carbonyl (C=O) groups is 1. The largest absolute Gasteiger partial charge is 0.350 e. The Morgan fingerprint density at radius 3 is 2.78 bits per heavy atom. The summed E-state index contributed by atoms with van der Waals surface area (Å²) in [7, 11) is 0. The summed E-state index contributed by atoms with van der Waals surface area (Å²) < 4.78 is 0. The first-order valence-corrected chi connectivity index (χ1v) is 6.85. The molecule has 0 aromatic carbocycles. The monoisotopic (exact) mass is 289 g/mol. The van der Waals surface area contributed by atoms with Crippen LogP contribution in [0.4, 0.5) is 0 Å². The van der Waals surface area contributed by atoms with Gasteiger partial charge in [-0.1, -0.05) is 0 Å². The van der Waals surface area contributed by atoms with Gasteiger partial charge in [0.15, 0.2) is 0 Å². The van der Waals surface area contributed by atoms with E-state index in [2.05, 4.69) is 15.5 Å². The summed E-state index contributed by atoms with van der Waals surface area (Å²) in [5, 5.41) is 6.28. The van der Waals surface area contributed by atoms with Crippen LogP contribution in [-0.4, -0.2) is 50.1 Å². The molecule has 2 rings (SSSR count). The number of thiophene rings is 1. The molecule has 1 amide bonds. The van der Waals surface area contributed by atoms with Gasteiger partial charge in [-0.15, -0.1) is 23.7 Å². The van der Waals surface area contributed by atoms with E-state index in [1.54, 1.807) is 11.3 Å². The molecule has 1 aromatic rings. The summed E-state index contributed by atoms with van der Waals surface area (Å²) >= 11 is 1.55. The molecule has 2 heterocycles. The van der Waals surface area contributed by atoms with Gasteiger partial charge in [-0.3, -0.25) is 9.69 Å². The average Bonchev–Trinajstić information content (AvgIpc) is 2.77. The zero-order valence-electron chi connectivity index (χ0n) is 10.6. The summed E-state index contributed by atoms with van der Waals surface area (Å²) in [4.78, 5) is 16.1. The summed E-state index contributed by atoms with van der Waals surface area (Å²) in [6.07, 6.45) is 0. The highest BCUT2D eigenvalue weighted by molar-refractivity contribution is 7.13. The van der Waals surface area contributed by atoms with Crippen LogP contribution in [0.25, 0.3) is 0 Å². The van der Waals surface area contributed by atoms with Crippen molar-refractivity contribution in [1.82, 2.24) is 15.5 Å². The molecule has 0 unspecified atom stereocenters. The number of piperazine rings is 1. The van der Waals surface area contributed by atoms with Crippen LogP contribution in [0.1, 0.15) is 14.5 Å². The van der Waals surface area contributed by atoms with Gasteiger partial charge in [0, 0.05) is 44.1 Å². The number of hydrogen-bond donors (Lipinski definition) is 2. The predicted octanol–water partition coefficient (Wildman–Crippen LogP) is 1.11. The van der Waals surface area contributed by atoms with Gasteiger partial charge in [0.2, 0.25) is 0 Å². The normalized spacial score (nSPS) is 16.1. The fourth-order valence-electron chi connectivity index (χ4n) is 1.91. The van der Waals surface area contributed by atoms with Crippen molar-refractivity contribution in [2.75, 3.05) is 39.3 Å². The third-order valence-electron chi connectivity index (χ3n) is 2.89. The summed E-state index contributed by atoms with van der Waals surface area (Å²) in [6.45, 7) is 7.95. The van der Waals surface area contributed by atoms with Crippen LogP contribution >= 0.6 is 23.7 Å². The van der Waals surface area contributed by atoms with Crippen molar-refractivity contribution in [3.63, 3.8) is 0 Å². The standard InChI is InChI=1S/C12H19N3OS.ClH/c1-10-2-3-11(17-10)12(16)14-6-9-15-7-4-13-5-8-15;/h2-3,13H,4-9H2,1H3,(H,14,16);1H. The van der Waals surface area contributed by atoms with Crippen LogP contribution in [0.15, 0.2) is 12.1 Å². The first kappa shape index (κ1) is 15.4. The molecule has 0 aliphatic carbocycles. The van der Waals surface area contributed by atoms with Crippen LogP contribution in [0.3, 0.4) is 0 Å². The molecular formula is C12H20ClN3OS. The lowest BCUT2D eigenvalue weighted by atomic mass is 10.3. The highest BCUT2D eigenvalue weighted by Gasteiger charge is 2.10. The van der Waals surface area contributed by atoms with Crippen LogP contribution in [-0.2, 0) is 0 Å². The SMILES string of the molecule is Cc1ccc(C(=O)NCCN2CCNCC2)s1.Cl. The Hall–Kier alpha value is -0.620. The van der Waals surface area contributed by atoms with Crippen LogP contribution in [0, 0.1) is 6.92 Å². The minimum absolute atomic E-state index is 0. The van der Waals surface area contributed by atoms with Crippen LogP contribution in [0.5, 0.6) is 0 Å². The molecule has 102 valence electrons. The third-order valence-corrected chi connectivity index (χ3v) is 3.89. The Labute approximate surface area is 118 Å². The molecule has 0 spiro atoms. The minimum atomic E-state index is 0. The Morgan fingerprint density at radius 1 is 1.44 bits per heavy atom. The van der Waals surface area contributed by atoms with Crippen molar-refractivity contribution >= 4 is 29.7 Å². The molecule has 18 heavy (non-hydrogen) atoms. The highest BCUT2D eigenvalue weighted by atomic mass is 35.5. The van der Waals surface area contributed by atoms with E-state index in [-0.39, 0.29) is 18.3 Å². The lowest BCUT2D eigenvalue weighted by Gasteiger charge is -2.26. The molecule has 0 bridgehead atoms. The molecule has 1 aliphatic rings. The molecule has 1 aromatic heterocycles. The van der Waals surface area contributed by atoms with E-state index in [1.165, 1.54) is 4.88 Å². The maximum absolute atomic E-state index is 11.8. The predicted molar refractivity (Wildman–Crippen MR) is 77.9 cm³/mol. The lowest BCUT2D eigenvalue weighted by Crippen LogP contribution is -2.46. The van der Waals surface area contributed by atoms with E-state index < -0.39 is 0 Å². The molecular weight excluding hydrogens is 270 g/mol. The molecule has 1 saturated heterocycles. The van der Waals surface area contributed by atoms with Gasteiger partial charge in [-0.2, -0.15) is 0 Å². The number of aryl methyl sites for hydroxylation is 1. The maximum Gasteiger partial charge on any atom is 0.261 e. The molecule has 1 aliphatic heterocycles.